The fraction of sp³-hybridized carbons (Fsp3) is 0.333. The van der Waals surface area contributed by atoms with E-state index in [0.29, 0.717) is 15.8 Å². The minimum absolute atomic E-state index is 0.214. The Balaban J connectivity index is 1.55. The van der Waals surface area contributed by atoms with Crippen molar-refractivity contribution in [2.45, 2.75) is 12.6 Å². The second-order valence-electron chi connectivity index (χ2n) is 5.20. The zero-order valence-corrected chi connectivity index (χ0v) is 15.3. The molecule has 0 bridgehead atoms. The maximum absolute atomic E-state index is 12.0. The van der Waals surface area contributed by atoms with Gasteiger partial charge >= 0.3 is 6.09 Å². The van der Waals surface area contributed by atoms with E-state index in [-0.39, 0.29) is 24.6 Å². The van der Waals surface area contributed by atoms with Crippen LogP contribution >= 0.6 is 34.3 Å². The number of rotatable bonds is 6. The van der Waals surface area contributed by atoms with Gasteiger partial charge in [0.25, 0.3) is 5.91 Å². The lowest BCUT2D eigenvalue weighted by molar-refractivity contribution is 0.0920. The van der Waals surface area contributed by atoms with Crippen LogP contribution in [0.1, 0.15) is 14.5 Å². The quantitative estimate of drug-likeness (QED) is 0.802. The number of amides is 2. The second-order valence-corrected chi connectivity index (χ2v) is 8.06. The summed E-state index contributed by atoms with van der Waals surface area (Å²) >= 11 is 8.58. The molecule has 0 spiro atoms. The molecule has 1 fully saturated rings. The maximum Gasteiger partial charge on any atom is 0.415 e. The summed E-state index contributed by atoms with van der Waals surface area (Å²) in [6.07, 6.45) is -0.752. The first kappa shape index (κ1) is 17.2. The van der Waals surface area contributed by atoms with E-state index < -0.39 is 0 Å². The summed E-state index contributed by atoms with van der Waals surface area (Å²) in [5, 5.41) is 6.70. The molecular weight excluding hydrogens is 370 g/mol. The zero-order chi connectivity index (χ0) is 17.1. The monoisotopic (exact) mass is 385 g/mol. The number of hydrogen-bond acceptors (Lipinski definition) is 6. The van der Waals surface area contributed by atoms with E-state index in [1.807, 2.05) is 19.2 Å². The van der Waals surface area contributed by atoms with Gasteiger partial charge in [0, 0.05) is 11.4 Å². The Morgan fingerprint density at radius 2 is 2.21 bits per heavy atom. The highest BCUT2D eigenvalue weighted by molar-refractivity contribution is 7.18. The Morgan fingerprint density at radius 3 is 2.92 bits per heavy atom. The lowest BCUT2D eigenvalue weighted by atomic mass is 10.3. The van der Waals surface area contributed by atoms with Gasteiger partial charge in [0.05, 0.1) is 22.3 Å². The fourth-order valence-electron chi connectivity index (χ4n) is 2.32. The van der Waals surface area contributed by atoms with Crippen LogP contribution < -0.4 is 15.5 Å². The predicted molar refractivity (Wildman–Crippen MR) is 96.4 cm³/mol. The van der Waals surface area contributed by atoms with Gasteiger partial charge in [-0.05, 0) is 31.3 Å². The van der Waals surface area contributed by atoms with Crippen molar-refractivity contribution in [3.63, 3.8) is 0 Å². The van der Waals surface area contributed by atoms with Gasteiger partial charge in [-0.3, -0.25) is 9.69 Å². The molecule has 24 heavy (non-hydrogen) atoms. The van der Waals surface area contributed by atoms with Crippen LogP contribution in [0, 0.1) is 0 Å². The fourth-order valence-corrected chi connectivity index (χ4v) is 4.29. The summed E-state index contributed by atoms with van der Waals surface area (Å²) in [5.74, 6) is -0.214. The molecule has 3 heterocycles. The minimum atomic E-state index is -0.383. The Bertz CT molecular complexity index is 746. The lowest BCUT2D eigenvalue weighted by Crippen LogP contribution is -2.34. The first-order valence-electron chi connectivity index (χ1n) is 7.32. The zero-order valence-electron chi connectivity index (χ0n) is 12.9. The molecule has 2 N–H and O–H groups in total. The molecule has 1 atom stereocenters. The Morgan fingerprint density at radius 1 is 1.38 bits per heavy atom. The smallest absolute Gasteiger partial charge is 0.415 e. The standard InChI is InChI=1S/C15H16ClN3O3S2/c1-17-7-10-2-5-13(23-10)19-8-9(22-15(19)21)6-18-14(20)11-3-4-12(16)24-11/h2-5,9,17H,6-8H2,1H3,(H,18,20)/t9-/m0/s1. The van der Waals surface area contributed by atoms with Crippen molar-refractivity contribution in [1.29, 1.82) is 0 Å². The van der Waals surface area contributed by atoms with Gasteiger partial charge in [-0.2, -0.15) is 0 Å². The molecule has 2 amide bonds. The normalized spacial score (nSPS) is 17.2. The molecule has 2 aromatic heterocycles. The molecule has 128 valence electrons. The molecule has 0 saturated carbocycles. The number of anilines is 1. The van der Waals surface area contributed by atoms with Gasteiger partial charge in [-0.25, -0.2) is 4.79 Å². The van der Waals surface area contributed by atoms with Crippen molar-refractivity contribution in [3.8, 4) is 0 Å². The van der Waals surface area contributed by atoms with Crippen LogP contribution in [0.2, 0.25) is 4.34 Å². The van der Waals surface area contributed by atoms with Gasteiger partial charge in [-0.15, -0.1) is 22.7 Å². The molecule has 0 aromatic carbocycles. The van der Waals surface area contributed by atoms with Crippen LogP contribution in [0.3, 0.4) is 0 Å². The third kappa shape index (κ3) is 3.89. The summed E-state index contributed by atoms with van der Waals surface area (Å²) in [6, 6.07) is 7.24. The molecule has 6 nitrogen and oxygen atoms in total. The van der Waals surface area contributed by atoms with Gasteiger partial charge in [0.2, 0.25) is 0 Å². The Hall–Kier alpha value is -1.61. The van der Waals surface area contributed by atoms with Crippen LogP contribution in [-0.2, 0) is 11.3 Å². The third-order valence-electron chi connectivity index (χ3n) is 3.43. The number of carbonyl (C=O) groups excluding carboxylic acids is 2. The topological polar surface area (TPSA) is 70.7 Å². The maximum atomic E-state index is 12.0. The van der Waals surface area contributed by atoms with E-state index in [1.54, 1.807) is 28.4 Å². The second kappa shape index (κ2) is 7.52. The van der Waals surface area contributed by atoms with Crippen LogP contribution in [0.25, 0.3) is 0 Å². The van der Waals surface area contributed by atoms with E-state index in [9.17, 15) is 9.59 Å². The van der Waals surface area contributed by atoms with Crippen LogP contribution in [0.4, 0.5) is 9.80 Å². The van der Waals surface area contributed by atoms with Crippen molar-refractivity contribution in [3.05, 3.63) is 38.4 Å². The van der Waals surface area contributed by atoms with Crippen molar-refractivity contribution >= 4 is 51.3 Å². The highest BCUT2D eigenvalue weighted by atomic mass is 35.5. The summed E-state index contributed by atoms with van der Waals surface area (Å²) in [5.41, 5.74) is 0. The summed E-state index contributed by atoms with van der Waals surface area (Å²) in [4.78, 5) is 27.3. The molecule has 1 aliphatic heterocycles. The molecule has 2 aromatic rings. The first-order chi connectivity index (χ1) is 11.6. The van der Waals surface area contributed by atoms with Crippen molar-refractivity contribution in [1.82, 2.24) is 10.6 Å². The molecule has 0 aliphatic carbocycles. The Kier molecular flexibility index (Phi) is 5.40. The average Bonchev–Trinajstić information content (AvgIpc) is 3.26. The first-order valence-corrected chi connectivity index (χ1v) is 9.33. The molecule has 0 unspecified atom stereocenters. The van der Waals surface area contributed by atoms with Crippen LogP contribution in [0.15, 0.2) is 24.3 Å². The summed E-state index contributed by atoms with van der Waals surface area (Å²) < 4.78 is 5.89. The van der Waals surface area contributed by atoms with E-state index in [2.05, 4.69) is 10.6 Å². The SMILES string of the molecule is CNCc1ccc(N2C[C@H](CNC(=O)c3ccc(Cl)s3)OC2=O)s1. The number of thiophene rings is 2. The third-order valence-corrected chi connectivity index (χ3v) is 5.76. The molecule has 1 aliphatic rings. The molecule has 1 saturated heterocycles. The number of nitrogens with zero attached hydrogens (tertiary/aromatic N) is 1. The summed E-state index contributed by atoms with van der Waals surface area (Å²) in [7, 11) is 1.88. The minimum Gasteiger partial charge on any atom is -0.442 e. The van der Waals surface area contributed by atoms with Gasteiger partial charge in [-0.1, -0.05) is 11.6 Å². The number of nitrogens with one attached hydrogen (secondary N) is 2. The van der Waals surface area contributed by atoms with E-state index >= 15 is 0 Å². The number of carbonyl (C=O) groups is 2. The molecular formula is C15H16ClN3O3S2. The predicted octanol–water partition coefficient (Wildman–Crippen LogP) is 2.94. The average molecular weight is 386 g/mol. The number of hydrogen-bond donors (Lipinski definition) is 2. The van der Waals surface area contributed by atoms with Gasteiger partial charge < -0.3 is 15.4 Å². The highest BCUT2D eigenvalue weighted by Crippen LogP contribution is 2.29. The molecule has 9 heteroatoms. The largest absolute Gasteiger partial charge is 0.442 e. The van der Waals surface area contributed by atoms with Crippen molar-refractivity contribution in [2.75, 3.05) is 25.0 Å². The number of halogens is 1. The van der Waals surface area contributed by atoms with Crippen LogP contribution in [-0.4, -0.2) is 38.2 Å². The van der Waals surface area contributed by atoms with Gasteiger partial charge in [0.15, 0.2) is 0 Å². The molecule has 0 radical (unpaired) electrons. The Labute approximate surface area is 152 Å². The summed E-state index contributed by atoms with van der Waals surface area (Å²) in [6.45, 7) is 1.45. The van der Waals surface area contributed by atoms with E-state index in [0.717, 1.165) is 16.4 Å². The van der Waals surface area contributed by atoms with Crippen LogP contribution in [0.5, 0.6) is 0 Å². The van der Waals surface area contributed by atoms with E-state index in [1.165, 1.54) is 11.3 Å². The van der Waals surface area contributed by atoms with Gasteiger partial charge in [0.1, 0.15) is 11.1 Å². The lowest BCUT2D eigenvalue weighted by Gasteiger charge is -2.10. The highest BCUT2D eigenvalue weighted by Gasteiger charge is 2.33. The van der Waals surface area contributed by atoms with E-state index in [4.69, 9.17) is 16.3 Å². The number of cyclic esters (lactones) is 1. The van der Waals surface area contributed by atoms with Crippen molar-refractivity contribution in [2.24, 2.45) is 0 Å². The number of ether oxygens (including phenoxy) is 1. The van der Waals surface area contributed by atoms with Crippen molar-refractivity contribution < 1.29 is 14.3 Å². The molecule has 3 rings (SSSR count).